The van der Waals surface area contributed by atoms with Crippen LogP contribution < -0.4 is 9.44 Å². The van der Waals surface area contributed by atoms with Crippen molar-refractivity contribution in [3.63, 3.8) is 0 Å². The molecular formula is C10H13N3O2S. The maximum Gasteiger partial charge on any atom is 0.299 e. The highest BCUT2D eigenvalue weighted by Crippen LogP contribution is 2.14. The molecule has 0 aliphatic rings. The molecule has 0 bridgehead atoms. The van der Waals surface area contributed by atoms with Crippen LogP contribution in [0.5, 0.6) is 0 Å². The van der Waals surface area contributed by atoms with Crippen LogP contribution in [0.25, 0.3) is 0 Å². The Labute approximate surface area is 95.3 Å². The normalized spacial score (nSPS) is 11.1. The van der Waals surface area contributed by atoms with Crippen LogP contribution in [0.2, 0.25) is 0 Å². The number of benzene rings is 1. The third-order valence-electron chi connectivity index (χ3n) is 1.68. The summed E-state index contributed by atoms with van der Waals surface area (Å²) in [4.78, 5) is 0. The smallest absolute Gasteiger partial charge is 0.270 e. The Bertz CT molecular complexity index is 503. The second-order valence-electron chi connectivity index (χ2n) is 3.54. The van der Waals surface area contributed by atoms with Gasteiger partial charge < -0.3 is 0 Å². The summed E-state index contributed by atoms with van der Waals surface area (Å²) < 4.78 is 27.8. The van der Waals surface area contributed by atoms with Crippen LogP contribution in [0.4, 0.5) is 5.69 Å². The van der Waals surface area contributed by atoms with Gasteiger partial charge in [0.15, 0.2) is 0 Å². The Morgan fingerprint density at radius 2 is 1.94 bits per heavy atom. The monoisotopic (exact) mass is 239 g/mol. The summed E-state index contributed by atoms with van der Waals surface area (Å²) in [5, 5.41) is 8.79. The highest BCUT2D eigenvalue weighted by Gasteiger charge is 2.12. The average molecular weight is 239 g/mol. The van der Waals surface area contributed by atoms with Gasteiger partial charge in [0.1, 0.15) is 6.07 Å². The number of nitrogens with zero attached hydrogens (tertiary/aromatic N) is 1. The van der Waals surface area contributed by atoms with E-state index in [0.29, 0.717) is 0 Å². The van der Waals surface area contributed by atoms with E-state index in [1.807, 2.05) is 6.07 Å². The lowest BCUT2D eigenvalue weighted by atomic mass is 10.2. The maximum absolute atomic E-state index is 11.5. The lowest BCUT2D eigenvalue weighted by Crippen LogP contribution is -2.35. The first-order valence-electron chi connectivity index (χ1n) is 4.74. The van der Waals surface area contributed by atoms with E-state index in [0.717, 1.165) is 0 Å². The molecule has 0 aromatic heterocycles. The van der Waals surface area contributed by atoms with E-state index < -0.39 is 10.2 Å². The maximum atomic E-state index is 11.5. The second kappa shape index (κ2) is 4.96. The molecular weight excluding hydrogens is 226 g/mol. The fourth-order valence-electron chi connectivity index (χ4n) is 1.15. The summed E-state index contributed by atoms with van der Waals surface area (Å²) in [5.41, 5.74) is 0.565. The Hall–Kier alpha value is -1.58. The average Bonchev–Trinajstić information content (AvgIpc) is 2.15. The molecule has 0 spiro atoms. The lowest BCUT2D eigenvalue weighted by Gasteiger charge is -2.12. The molecule has 0 saturated heterocycles. The minimum Gasteiger partial charge on any atom is -0.270 e. The molecule has 0 aliphatic carbocycles. The number of rotatable bonds is 4. The van der Waals surface area contributed by atoms with Gasteiger partial charge in [-0.05, 0) is 26.0 Å². The summed E-state index contributed by atoms with van der Waals surface area (Å²) in [6.45, 7) is 3.44. The van der Waals surface area contributed by atoms with Gasteiger partial charge in [-0.3, -0.25) is 4.72 Å². The predicted octanol–water partition coefficient (Wildman–Crippen LogP) is 1.21. The highest BCUT2D eigenvalue weighted by atomic mass is 32.2. The molecule has 0 fully saturated rings. The zero-order valence-corrected chi connectivity index (χ0v) is 9.88. The van der Waals surface area contributed by atoms with Crippen LogP contribution in [-0.2, 0) is 10.2 Å². The summed E-state index contributed by atoms with van der Waals surface area (Å²) in [6.07, 6.45) is 0. The molecule has 0 saturated carbocycles. The van der Waals surface area contributed by atoms with Crippen LogP contribution in [0.3, 0.4) is 0 Å². The number of anilines is 1. The lowest BCUT2D eigenvalue weighted by molar-refractivity contribution is 0.575. The van der Waals surface area contributed by atoms with Gasteiger partial charge >= 0.3 is 0 Å². The zero-order chi connectivity index (χ0) is 12.2. The molecule has 2 N–H and O–H groups in total. The van der Waals surface area contributed by atoms with Gasteiger partial charge in [-0.1, -0.05) is 12.1 Å². The molecule has 6 heteroatoms. The van der Waals surface area contributed by atoms with Crippen molar-refractivity contribution in [1.82, 2.24) is 4.72 Å². The van der Waals surface area contributed by atoms with Crippen molar-refractivity contribution < 1.29 is 8.42 Å². The molecule has 16 heavy (non-hydrogen) atoms. The summed E-state index contributed by atoms with van der Waals surface area (Å²) in [5.74, 6) is 0. The summed E-state index contributed by atoms with van der Waals surface area (Å²) >= 11 is 0. The fraction of sp³-hybridized carbons (Fsp3) is 0.300. The van der Waals surface area contributed by atoms with E-state index >= 15 is 0 Å². The summed E-state index contributed by atoms with van der Waals surface area (Å²) in [7, 11) is -3.62. The van der Waals surface area contributed by atoms with E-state index in [2.05, 4.69) is 9.44 Å². The molecule has 1 rings (SSSR count). The van der Waals surface area contributed by atoms with E-state index in [4.69, 9.17) is 5.26 Å². The Morgan fingerprint density at radius 1 is 1.31 bits per heavy atom. The van der Waals surface area contributed by atoms with Crippen molar-refractivity contribution in [1.29, 1.82) is 5.26 Å². The van der Waals surface area contributed by atoms with E-state index in [1.165, 1.54) is 6.07 Å². The number of nitriles is 1. The molecule has 0 heterocycles. The predicted molar refractivity (Wildman–Crippen MR) is 62.0 cm³/mol. The third-order valence-corrected chi connectivity index (χ3v) is 2.95. The van der Waals surface area contributed by atoms with E-state index in [1.54, 1.807) is 32.0 Å². The summed E-state index contributed by atoms with van der Waals surface area (Å²) in [6, 6.07) is 8.14. The second-order valence-corrected chi connectivity index (χ2v) is 4.98. The van der Waals surface area contributed by atoms with Gasteiger partial charge in [-0.2, -0.15) is 18.4 Å². The first kappa shape index (κ1) is 12.5. The van der Waals surface area contributed by atoms with Crippen molar-refractivity contribution in [2.75, 3.05) is 4.72 Å². The van der Waals surface area contributed by atoms with Gasteiger partial charge in [-0.15, -0.1) is 0 Å². The number of hydrogen-bond acceptors (Lipinski definition) is 3. The van der Waals surface area contributed by atoms with Crippen molar-refractivity contribution in [2.45, 2.75) is 19.9 Å². The highest BCUT2D eigenvalue weighted by molar-refractivity contribution is 7.90. The van der Waals surface area contributed by atoms with Crippen molar-refractivity contribution in [2.24, 2.45) is 0 Å². The van der Waals surface area contributed by atoms with Gasteiger partial charge in [0.2, 0.25) is 0 Å². The van der Waals surface area contributed by atoms with Crippen LogP contribution in [0.1, 0.15) is 19.4 Å². The molecule has 0 radical (unpaired) electrons. The largest absolute Gasteiger partial charge is 0.299 e. The van der Waals surface area contributed by atoms with Crippen molar-refractivity contribution in [3.05, 3.63) is 29.8 Å². The van der Waals surface area contributed by atoms with Crippen LogP contribution in [0, 0.1) is 11.3 Å². The third kappa shape index (κ3) is 3.53. The molecule has 0 unspecified atom stereocenters. The Morgan fingerprint density at radius 3 is 2.50 bits per heavy atom. The minimum atomic E-state index is -3.62. The number of para-hydroxylation sites is 1. The SMILES string of the molecule is CC(C)NS(=O)(=O)Nc1ccccc1C#N. The zero-order valence-electron chi connectivity index (χ0n) is 9.06. The Balaban J connectivity index is 2.93. The molecule has 1 aromatic carbocycles. The molecule has 1 aromatic rings. The van der Waals surface area contributed by atoms with Gasteiger partial charge in [0.25, 0.3) is 10.2 Å². The first-order valence-corrected chi connectivity index (χ1v) is 6.22. The van der Waals surface area contributed by atoms with Crippen molar-refractivity contribution >= 4 is 15.9 Å². The standard InChI is InChI=1S/C10H13N3O2S/c1-8(2)12-16(14,15)13-10-6-4-3-5-9(10)7-11/h3-6,8,12-13H,1-2H3. The van der Waals surface area contributed by atoms with Crippen LogP contribution in [-0.4, -0.2) is 14.5 Å². The minimum absolute atomic E-state index is 0.202. The molecule has 5 nitrogen and oxygen atoms in total. The molecule has 0 amide bonds. The first-order chi connectivity index (χ1) is 7.44. The quantitative estimate of drug-likeness (QED) is 0.828. The molecule has 86 valence electrons. The topological polar surface area (TPSA) is 82.0 Å². The van der Waals surface area contributed by atoms with Gasteiger partial charge in [0, 0.05) is 6.04 Å². The number of nitrogens with one attached hydrogen (secondary N) is 2. The number of hydrogen-bond donors (Lipinski definition) is 2. The fourth-order valence-corrected chi connectivity index (χ4v) is 2.30. The van der Waals surface area contributed by atoms with Crippen LogP contribution >= 0.6 is 0 Å². The van der Waals surface area contributed by atoms with Crippen molar-refractivity contribution in [3.8, 4) is 6.07 Å². The Kier molecular flexibility index (Phi) is 3.88. The van der Waals surface area contributed by atoms with Gasteiger partial charge in [0.05, 0.1) is 11.3 Å². The molecule has 0 atom stereocenters. The van der Waals surface area contributed by atoms with Gasteiger partial charge in [-0.25, -0.2) is 0 Å². The molecule has 0 aliphatic heterocycles. The van der Waals surface area contributed by atoms with E-state index in [-0.39, 0.29) is 17.3 Å². The van der Waals surface area contributed by atoms with Crippen LogP contribution in [0.15, 0.2) is 24.3 Å². The van der Waals surface area contributed by atoms with E-state index in [9.17, 15) is 8.42 Å².